The summed E-state index contributed by atoms with van der Waals surface area (Å²) in [5.41, 5.74) is 0. The van der Waals surface area contributed by atoms with E-state index >= 15 is 0 Å². The molecule has 0 radical (unpaired) electrons. The molecule has 0 saturated carbocycles. The SMILES string of the molecule is C1=CCCCCCCCCCCCCCCCCCCCCC1.C=CC=CC(=O)O. The third kappa shape index (κ3) is 26.7. The van der Waals surface area contributed by atoms with Gasteiger partial charge in [-0.05, 0) is 25.7 Å². The number of hydrogen-bond acceptors (Lipinski definition) is 1. The van der Waals surface area contributed by atoms with Gasteiger partial charge >= 0.3 is 5.97 Å². The molecule has 1 N–H and O–H groups in total. The van der Waals surface area contributed by atoms with E-state index in [2.05, 4.69) is 18.7 Å². The van der Waals surface area contributed by atoms with Crippen molar-refractivity contribution in [2.24, 2.45) is 0 Å². The van der Waals surface area contributed by atoms with Gasteiger partial charge in [0.2, 0.25) is 0 Å². The van der Waals surface area contributed by atoms with Crippen LogP contribution in [0.2, 0.25) is 0 Å². The van der Waals surface area contributed by atoms with Gasteiger partial charge in [0, 0.05) is 6.08 Å². The Balaban J connectivity index is 0.00000103. The van der Waals surface area contributed by atoms with Gasteiger partial charge < -0.3 is 5.11 Å². The lowest BCUT2D eigenvalue weighted by Gasteiger charge is -2.03. The first-order valence-electron chi connectivity index (χ1n) is 12.9. The topological polar surface area (TPSA) is 37.3 Å². The van der Waals surface area contributed by atoms with Gasteiger partial charge in [0.1, 0.15) is 0 Å². The summed E-state index contributed by atoms with van der Waals surface area (Å²) in [6.45, 7) is 3.28. The van der Waals surface area contributed by atoms with Crippen LogP contribution in [0.3, 0.4) is 0 Å². The molecule has 0 spiro atoms. The second-order valence-corrected chi connectivity index (χ2v) is 8.70. The molecule has 1 rings (SSSR count). The lowest BCUT2D eigenvalue weighted by Crippen LogP contribution is -1.84. The van der Waals surface area contributed by atoms with E-state index in [1.54, 1.807) is 0 Å². The number of rotatable bonds is 2. The second kappa shape index (κ2) is 25.7. The van der Waals surface area contributed by atoms with Gasteiger partial charge in [0.25, 0.3) is 0 Å². The van der Waals surface area contributed by atoms with Crippen LogP contribution in [0.15, 0.2) is 37.0 Å². The van der Waals surface area contributed by atoms with Crippen LogP contribution >= 0.6 is 0 Å². The number of carbonyl (C=O) groups is 1. The first kappa shape index (κ1) is 28.7. The molecule has 0 aromatic heterocycles. The number of aliphatic carboxylic acids is 1. The Bertz CT molecular complexity index is 398. The summed E-state index contributed by atoms with van der Waals surface area (Å²) >= 11 is 0. The average molecular weight is 419 g/mol. The summed E-state index contributed by atoms with van der Waals surface area (Å²) < 4.78 is 0. The average Bonchev–Trinajstić information content (AvgIpc) is 2.74. The molecule has 0 saturated heterocycles. The minimum absolute atomic E-state index is 0.945. The van der Waals surface area contributed by atoms with Crippen molar-refractivity contribution >= 4 is 5.97 Å². The molecule has 0 atom stereocenters. The molecule has 0 aromatic rings. The van der Waals surface area contributed by atoms with Gasteiger partial charge in [-0.1, -0.05) is 140 Å². The van der Waals surface area contributed by atoms with Crippen LogP contribution in [0.25, 0.3) is 0 Å². The van der Waals surface area contributed by atoms with Gasteiger partial charge in [-0.15, -0.1) is 0 Å². The van der Waals surface area contributed by atoms with Crippen molar-refractivity contribution in [1.29, 1.82) is 0 Å². The first-order chi connectivity index (χ1) is 14.8. The Hall–Kier alpha value is -1.31. The van der Waals surface area contributed by atoms with Gasteiger partial charge in [-0.25, -0.2) is 4.79 Å². The molecule has 30 heavy (non-hydrogen) atoms. The van der Waals surface area contributed by atoms with Crippen LogP contribution in [-0.4, -0.2) is 11.1 Å². The second-order valence-electron chi connectivity index (χ2n) is 8.70. The molecule has 0 unspecified atom stereocenters. The van der Waals surface area contributed by atoms with E-state index < -0.39 is 5.97 Å². The normalized spacial score (nSPS) is 20.0. The summed E-state index contributed by atoms with van der Waals surface area (Å²) in [4.78, 5) is 9.62. The molecule has 2 nitrogen and oxygen atoms in total. The van der Waals surface area contributed by atoms with Crippen molar-refractivity contribution < 1.29 is 9.90 Å². The lowest BCUT2D eigenvalue weighted by atomic mass is 10.0. The van der Waals surface area contributed by atoms with Crippen molar-refractivity contribution in [3.63, 3.8) is 0 Å². The smallest absolute Gasteiger partial charge is 0.328 e. The molecule has 1 aliphatic rings. The minimum Gasteiger partial charge on any atom is -0.478 e. The highest BCUT2D eigenvalue weighted by molar-refractivity contribution is 5.79. The first-order valence-corrected chi connectivity index (χ1v) is 12.9. The van der Waals surface area contributed by atoms with Crippen molar-refractivity contribution in [1.82, 2.24) is 0 Å². The zero-order valence-corrected chi connectivity index (χ0v) is 19.8. The molecular weight excluding hydrogens is 368 g/mol. The molecule has 0 bridgehead atoms. The van der Waals surface area contributed by atoms with Gasteiger partial charge in [0.15, 0.2) is 0 Å². The van der Waals surface area contributed by atoms with Crippen molar-refractivity contribution in [2.45, 2.75) is 135 Å². The van der Waals surface area contributed by atoms with Crippen LogP contribution < -0.4 is 0 Å². The Kier molecular flexibility index (Phi) is 24.6. The maximum atomic E-state index is 9.62. The minimum atomic E-state index is -0.945. The van der Waals surface area contributed by atoms with E-state index in [4.69, 9.17) is 5.11 Å². The molecular formula is C28H50O2. The summed E-state index contributed by atoms with van der Waals surface area (Å²) in [5, 5.41) is 7.91. The standard InChI is InChI=1S/C23H44.C5H6O2/c1-2-4-6-8-10-12-14-16-18-20-22-23-21-19-17-15-13-11-9-7-5-3-1;1-2-3-4-5(6)7/h1-2H,3-23H2;2-4H,1H2,(H,6,7). The van der Waals surface area contributed by atoms with Crippen LogP contribution in [0.1, 0.15) is 135 Å². The zero-order chi connectivity index (χ0) is 22.0. The maximum Gasteiger partial charge on any atom is 0.328 e. The summed E-state index contributed by atoms with van der Waals surface area (Å²) in [7, 11) is 0. The lowest BCUT2D eigenvalue weighted by molar-refractivity contribution is -0.131. The van der Waals surface area contributed by atoms with Crippen LogP contribution in [-0.2, 0) is 4.79 Å². The summed E-state index contributed by atoms with van der Waals surface area (Å²) in [6.07, 6.45) is 39.3. The zero-order valence-electron chi connectivity index (χ0n) is 19.8. The molecule has 0 heterocycles. The fourth-order valence-corrected chi connectivity index (χ4v) is 3.92. The van der Waals surface area contributed by atoms with Crippen molar-refractivity contribution in [2.75, 3.05) is 0 Å². The number of allylic oxidation sites excluding steroid dienone is 4. The third-order valence-electron chi connectivity index (χ3n) is 5.78. The van der Waals surface area contributed by atoms with Crippen LogP contribution in [0, 0.1) is 0 Å². The molecule has 0 aromatic carbocycles. The molecule has 0 aliphatic heterocycles. The van der Waals surface area contributed by atoms with Gasteiger partial charge in [-0.2, -0.15) is 0 Å². The number of carboxylic acid groups (broad SMARTS) is 1. The number of hydrogen-bond donors (Lipinski definition) is 1. The largest absolute Gasteiger partial charge is 0.478 e. The predicted molar refractivity (Wildman–Crippen MR) is 133 cm³/mol. The molecule has 174 valence electrons. The third-order valence-corrected chi connectivity index (χ3v) is 5.78. The van der Waals surface area contributed by atoms with E-state index in [0.29, 0.717) is 0 Å². The van der Waals surface area contributed by atoms with E-state index in [0.717, 1.165) is 6.08 Å². The van der Waals surface area contributed by atoms with E-state index in [1.807, 2.05) is 0 Å². The summed E-state index contributed by atoms with van der Waals surface area (Å²) in [5.74, 6) is -0.945. The van der Waals surface area contributed by atoms with Crippen molar-refractivity contribution in [3.05, 3.63) is 37.0 Å². The highest BCUT2D eigenvalue weighted by Crippen LogP contribution is 2.15. The Morgan fingerprint density at radius 3 is 1.03 bits per heavy atom. The molecule has 1 aliphatic carbocycles. The fraction of sp³-hybridized carbons (Fsp3) is 0.750. The highest BCUT2D eigenvalue weighted by atomic mass is 16.4. The van der Waals surface area contributed by atoms with Gasteiger partial charge in [-0.3, -0.25) is 0 Å². The van der Waals surface area contributed by atoms with E-state index in [9.17, 15) is 4.79 Å². The predicted octanol–water partition coefficient (Wildman–Crippen LogP) is 9.56. The Morgan fingerprint density at radius 2 is 0.833 bits per heavy atom. The molecule has 0 fully saturated rings. The van der Waals surface area contributed by atoms with Crippen molar-refractivity contribution in [3.8, 4) is 0 Å². The van der Waals surface area contributed by atoms with E-state index in [-0.39, 0.29) is 0 Å². The molecule has 2 heteroatoms. The quantitative estimate of drug-likeness (QED) is 0.275. The highest BCUT2D eigenvalue weighted by Gasteiger charge is 1.95. The van der Waals surface area contributed by atoms with Crippen LogP contribution in [0.4, 0.5) is 0 Å². The van der Waals surface area contributed by atoms with Gasteiger partial charge in [0.05, 0.1) is 0 Å². The molecule has 0 amide bonds. The van der Waals surface area contributed by atoms with E-state index in [1.165, 1.54) is 147 Å². The fourth-order valence-electron chi connectivity index (χ4n) is 3.92. The maximum absolute atomic E-state index is 9.62. The summed E-state index contributed by atoms with van der Waals surface area (Å²) in [6, 6.07) is 0. The number of carboxylic acids is 1. The monoisotopic (exact) mass is 418 g/mol. The Labute approximate surface area is 187 Å². The Morgan fingerprint density at radius 1 is 0.567 bits per heavy atom. The van der Waals surface area contributed by atoms with Crippen LogP contribution in [0.5, 0.6) is 0 Å².